The number of alkyl carbamates (subject to hydrolysis) is 2. The number of hydrogen-bond donors (Lipinski definition) is 4. The Kier molecular flexibility index (Phi) is 11.4. The van der Waals surface area contributed by atoms with Crippen LogP contribution in [0.5, 0.6) is 0 Å². The zero-order valence-corrected chi connectivity index (χ0v) is 35.0. The van der Waals surface area contributed by atoms with Crippen LogP contribution in [0.4, 0.5) is 9.59 Å². The zero-order valence-electron chi connectivity index (χ0n) is 35.0. The lowest BCUT2D eigenvalue weighted by atomic mass is 9.95. The first kappa shape index (κ1) is 40.6. The van der Waals surface area contributed by atoms with Crippen molar-refractivity contribution in [1.82, 2.24) is 40.4 Å². The first-order valence-electron chi connectivity index (χ1n) is 21.0. The number of piperidine rings is 1. The molecule has 1 saturated carbocycles. The molecule has 2 aromatic heterocycles. The van der Waals surface area contributed by atoms with Crippen LogP contribution >= 0.6 is 0 Å². The van der Waals surface area contributed by atoms with Crippen molar-refractivity contribution in [2.45, 2.75) is 90.0 Å². The van der Waals surface area contributed by atoms with Crippen LogP contribution in [-0.4, -0.2) is 92.6 Å². The molecule has 3 aliphatic rings. The summed E-state index contributed by atoms with van der Waals surface area (Å²) in [7, 11) is 2.60. The van der Waals surface area contributed by atoms with Crippen molar-refractivity contribution >= 4 is 35.0 Å². The summed E-state index contributed by atoms with van der Waals surface area (Å²) in [4.78, 5) is 72.2. The van der Waals surface area contributed by atoms with Gasteiger partial charge in [0.15, 0.2) is 0 Å². The Hall–Kier alpha value is -6.18. The molecule has 5 aromatic rings. The molecule has 2 saturated heterocycles. The van der Waals surface area contributed by atoms with E-state index in [0.29, 0.717) is 12.5 Å². The molecule has 4 heterocycles. The molecule has 0 unspecified atom stereocenters. The molecule has 8 rings (SSSR count). The van der Waals surface area contributed by atoms with Gasteiger partial charge in [-0.25, -0.2) is 19.6 Å². The average molecular weight is 815 g/mol. The summed E-state index contributed by atoms with van der Waals surface area (Å²) in [6, 6.07) is 21.4. The number of nitrogens with zero attached hydrogens (tertiary/aromatic N) is 4. The van der Waals surface area contributed by atoms with Gasteiger partial charge >= 0.3 is 12.2 Å². The molecule has 1 aliphatic carbocycles. The molecule has 0 spiro atoms. The molecule has 3 fully saturated rings. The van der Waals surface area contributed by atoms with Gasteiger partial charge in [-0.3, -0.25) is 9.59 Å². The van der Waals surface area contributed by atoms with Crippen LogP contribution < -0.4 is 10.6 Å². The third-order valence-electron chi connectivity index (χ3n) is 12.6. The summed E-state index contributed by atoms with van der Waals surface area (Å²) in [5.74, 6) is 1.39. The summed E-state index contributed by atoms with van der Waals surface area (Å²) < 4.78 is 9.60. The van der Waals surface area contributed by atoms with E-state index in [0.717, 1.165) is 88.3 Å². The smallest absolute Gasteiger partial charge is 0.407 e. The van der Waals surface area contributed by atoms with E-state index in [-0.39, 0.29) is 41.8 Å². The Labute approximate surface area is 349 Å². The molecule has 3 aromatic carbocycles. The van der Waals surface area contributed by atoms with Crippen LogP contribution in [0.25, 0.3) is 44.5 Å². The Morgan fingerprint density at radius 2 is 1.30 bits per heavy atom. The van der Waals surface area contributed by atoms with Crippen LogP contribution in [0.2, 0.25) is 0 Å². The third kappa shape index (κ3) is 7.82. The number of aromatic nitrogens is 4. The molecule has 60 heavy (non-hydrogen) atoms. The fourth-order valence-corrected chi connectivity index (χ4v) is 9.41. The number of rotatable bonds is 11. The number of carbonyl (C=O) groups is 4. The fourth-order valence-electron chi connectivity index (χ4n) is 9.41. The Morgan fingerprint density at radius 3 is 1.92 bits per heavy atom. The molecule has 314 valence electrons. The second-order valence-corrected chi connectivity index (χ2v) is 17.0. The summed E-state index contributed by atoms with van der Waals surface area (Å²) in [5, 5.41) is 5.47. The Morgan fingerprint density at radius 1 is 0.717 bits per heavy atom. The summed E-state index contributed by atoms with van der Waals surface area (Å²) in [6.45, 7) is 8.27. The maximum Gasteiger partial charge on any atom is 0.407 e. The number of carbonyl (C=O) groups excluding carboxylic acids is 4. The molecule has 14 heteroatoms. The topological polar surface area (TPSA) is 175 Å². The van der Waals surface area contributed by atoms with Gasteiger partial charge in [-0.2, -0.15) is 0 Å². The highest BCUT2D eigenvalue weighted by molar-refractivity contribution is 5.88. The number of methoxy groups -OCH3 is 2. The van der Waals surface area contributed by atoms with Crippen molar-refractivity contribution in [1.29, 1.82) is 0 Å². The van der Waals surface area contributed by atoms with Crippen molar-refractivity contribution in [2.24, 2.45) is 17.8 Å². The van der Waals surface area contributed by atoms with Gasteiger partial charge < -0.3 is 39.9 Å². The van der Waals surface area contributed by atoms with E-state index < -0.39 is 24.3 Å². The van der Waals surface area contributed by atoms with Crippen molar-refractivity contribution in [3.8, 4) is 33.5 Å². The molecular formula is C46H54N8O6. The van der Waals surface area contributed by atoms with Crippen LogP contribution in [0.3, 0.4) is 0 Å². The average Bonchev–Trinajstić information content (AvgIpc) is 4.12. The predicted octanol–water partition coefficient (Wildman–Crippen LogP) is 7.76. The first-order valence-corrected chi connectivity index (χ1v) is 21.0. The number of H-pyrrole nitrogens is 2. The minimum Gasteiger partial charge on any atom is -0.453 e. The number of fused-ring (bicyclic) bond motifs is 3. The normalized spacial score (nSPS) is 20.8. The molecule has 14 nitrogen and oxygen atoms in total. The van der Waals surface area contributed by atoms with Gasteiger partial charge in [0.1, 0.15) is 23.7 Å². The van der Waals surface area contributed by atoms with E-state index in [1.807, 2.05) is 49.8 Å². The highest BCUT2D eigenvalue weighted by atomic mass is 16.5. The van der Waals surface area contributed by atoms with Crippen molar-refractivity contribution in [3.63, 3.8) is 0 Å². The van der Waals surface area contributed by atoms with E-state index in [1.165, 1.54) is 14.2 Å². The number of nitrogens with one attached hydrogen (secondary N) is 4. The lowest BCUT2D eigenvalue weighted by Gasteiger charge is -2.37. The quantitative estimate of drug-likeness (QED) is 0.105. The monoisotopic (exact) mass is 814 g/mol. The molecular weight excluding hydrogens is 761 g/mol. The number of benzene rings is 3. The number of hydrogen-bond acceptors (Lipinski definition) is 8. The second-order valence-electron chi connectivity index (χ2n) is 17.0. The van der Waals surface area contributed by atoms with E-state index >= 15 is 0 Å². The highest BCUT2D eigenvalue weighted by Gasteiger charge is 2.51. The molecule has 0 radical (unpaired) electrons. The standard InChI is InChI=1S/C46H54N8O6/c1-25(2)38(51-45(57)59-5)43(55)53-21-7-8-37(53)41-47-24-36(50-41)30-15-13-28(14-16-30)27-9-11-29(12-10-27)31-18-20-34-35(23-31)49-42(48-34)40-32-17-19-33(22-32)54(40)44(56)39(26(3)4)52-46(58)60-6/h9-16,18,20,23-26,32-33,37-40H,7-8,17,19,21-22H2,1-6H3,(H,47,50)(H,48,49)(H,51,57)(H,52,58)/t32-,33+,37-,38-,39-,40-/m0/s1. The predicted molar refractivity (Wildman–Crippen MR) is 227 cm³/mol. The number of likely N-dealkylation sites (tertiary alicyclic amines) is 2. The number of ether oxygens (including phenoxy) is 2. The van der Waals surface area contributed by atoms with Gasteiger partial charge in [0.05, 0.1) is 49.2 Å². The number of amides is 4. The van der Waals surface area contributed by atoms with Gasteiger partial charge in [0, 0.05) is 12.6 Å². The van der Waals surface area contributed by atoms with Gasteiger partial charge in [0.25, 0.3) is 0 Å². The van der Waals surface area contributed by atoms with Crippen LogP contribution in [0, 0.1) is 17.8 Å². The lowest BCUT2D eigenvalue weighted by Crippen LogP contribution is -2.54. The number of imidazole rings is 2. The highest BCUT2D eigenvalue weighted by Crippen LogP contribution is 2.50. The van der Waals surface area contributed by atoms with E-state index in [2.05, 4.69) is 81.3 Å². The maximum absolute atomic E-state index is 14.0. The summed E-state index contributed by atoms with van der Waals surface area (Å²) in [6.07, 6.45) is 5.15. The molecule has 4 N–H and O–H groups in total. The minimum atomic E-state index is -0.686. The summed E-state index contributed by atoms with van der Waals surface area (Å²) >= 11 is 0. The Balaban J connectivity index is 0.949. The lowest BCUT2D eigenvalue weighted by molar-refractivity contribution is -0.139. The van der Waals surface area contributed by atoms with Crippen LogP contribution in [0.15, 0.2) is 72.9 Å². The van der Waals surface area contributed by atoms with Crippen LogP contribution in [0.1, 0.15) is 83.5 Å². The van der Waals surface area contributed by atoms with Gasteiger partial charge in [0.2, 0.25) is 11.8 Å². The van der Waals surface area contributed by atoms with E-state index in [9.17, 15) is 19.2 Å². The van der Waals surface area contributed by atoms with E-state index in [1.54, 1.807) is 0 Å². The van der Waals surface area contributed by atoms with Crippen LogP contribution in [-0.2, 0) is 19.1 Å². The van der Waals surface area contributed by atoms with Crippen molar-refractivity contribution in [3.05, 3.63) is 84.6 Å². The SMILES string of the molecule is COC(=O)N[C@H](C(=O)N1CCC[C@H]1c1ncc(-c2ccc(-c3ccc(-c4ccc5nc([C@@H]6[C@H]7CC[C@H](C7)N6C(=O)[C@@H](NC(=O)OC)C(C)C)[nH]c5c4)cc3)cc2)[nH]1)C(C)C. The third-order valence-corrected chi connectivity index (χ3v) is 12.6. The molecule has 4 amide bonds. The number of aromatic amines is 2. The molecule has 2 aliphatic heterocycles. The first-order chi connectivity index (χ1) is 28.9. The largest absolute Gasteiger partial charge is 0.453 e. The maximum atomic E-state index is 14.0. The molecule has 6 atom stereocenters. The van der Waals surface area contributed by atoms with Gasteiger partial charge in [-0.1, -0.05) is 82.3 Å². The van der Waals surface area contributed by atoms with Crippen molar-refractivity contribution < 1.29 is 28.7 Å². The second kappa shape index (κ2) is 16.8. The fraction of sp³-hybridized carbons (Fsp3) is 0.435. The van der Waals surface area contributed by atoms with Gasteiger partial charge in [-0.05, 0) is 89.8 Å². The summed E-state index contributed by atoms with van der Waals surface area (Å²) in [5.41, 5.74) is 7.91. The Bertz CT molecular complexity index is 2370. The van der Waals surface area contributed by atoms with Crippen molar-refractivity contribution in [2.75, 3.05) is 20.8 Å². The molecule has 2 bridgehead atoms. The zero-order chi connectivity index (χ0) is 42.2. The minimum absolute atomic E-state index is 0.0900. The van der Waals surface area contributed by atoms with E-state index in [4.69, 9.17) is 19.4 Å². The van der Waals surface area contributed by atoms with Gasteiger partial charge in [-0.15, -0.1) is 0 Å².